The molecule has 0 saturated heterocycles. The van der Waals surface area contributed by atoms with Crippen molar-refractivity contribution in [2.24, 2.45) is 0 Å². The molecule has 0 rings (SSSR count). The van der Waals surface area contributed by atoms with Crippen molar-refractivity contribution in [1.29, 1.82) is 0 Å². The van der Waals surface area contributed by atoms with Crippen LogP contribution in [0.2, 0.25) is 0 Å². The molecule has 1 unspecified atom stereocenters. The van der Waals surface area contributed by atoms with E-state index in [-0.39, 0.29) is 6.10 Å². The minimum Gasteiger partial charge on any atom is -0.478 e. The van der Waals surface area contributed by atoms with E-state index in [0.29, 0.717) is 13.0 Å². The molecule has 0 fully saturated rings. The molecule has 3 heteroatoms. The minimum absolute atomic E-state index is 0.0395. The Kier molecular flexibility index (Phi) is 9.73. The van der Waals surface area contributed by atoms with E-state index in [1.807, 2.05) is 13.8 Å². The fraction of sp³-hybridized carbons (Fsp3) is 0.588. The largest absolute Gasteiger partial charge is 0.478 e. The fourth-order valence-corrected chi connectivity index (χ4v) is 1.96. The van der Waals surface area contributed by atoms with E-state index < -0.39 is 5.97 Å². The molecule has 114 valence electrons. The first-order valence-corrected chi connectivity index (χ1v) is 7.17. The van der Waals surface area contributed by atoms with E-state index in [4.69, 9.17) is 9.84 Å². The van der Waals surface area contributed by atoms with Gasteiger partial charge in [-0.15, -0.1) is 0 Å². The van der Waals surface area contributed by atoms with Crippen molar-refractivity contribution in [3.8, 4) is 0 Å². The predicted octanol–water partition coefficient (Wildman–Crippen LogP) is 4.51. The summed E-state index contributed by atoms with van der Waals surface area (Å²) in [5.74, 6) is -0.901. The van der Waals surface area contributed by atoms with Crippen LogP contribution in [0.25, 0.3) is 0 Å². The third-order valence-electron chi connectivity index (χ3n) is 2.84. The summed E-state index contributed by atoms with van der Waals surface area (Å²) in [6.07, 6.45) is 8.22. The van der Waals surface area contributed by atoms with Gasteiger partial charge in [0.1, 0.15) is 0 Å². The lowest BCUT2D eigenvalue weighted by Crippen LogP contribution is -2.11. The number of carboxylic acids is 1. The van der Waals surface area contributed by atoms with E-state index in [1.165, 1.54) is 17.2 Å². The lowest BCUT2D eigenvalue weighted by atomic mass is 10.0. The SMILES string of the molecule is CCOC(C=C(C)CCC=C(C)C)CC(C)=CC(=O)O. The maximum Gasteiger partial charge on any atom is 0.328 e. The number of hydrogen-bond donors (Lipinski definition) is 1. The normalized spacial score (nSPS) is 14.1. The van der Waals surface area contributed by atoms with Crippen LogP contribution in [0.3, 0.4) is 0 Å². The Balaban J connectivity index is 4.58. The Labute approximate surface area is 123 Å². The summed E-state index contributed by atoms with van der Waals surface area (Å²) >= 11 is 0. The van der Waals surface area contributed by atoms with E-state index in [9.17, 15) is 4.79 Å². The monoisotopic (exact) mass is 280 g/mol. The second kappa shape index (κ2) is 10.4. The van der Waals surface area contributed by atoms with E-state index in [1.54, 1.807) is 0 Å². The number of allylic oxidation sites excluding steroid dienone is 3. The van der Waals surface area contributed by atoms with Gasteiger partial charge in [-0.3, -0.25) is 0 Å². The summed E-state index contributed by atoms with van der Waals surface area (Å²) in [5.41, 5.74) is 3.44. The molecule has 0 aromatic rings. The number of ether oxygens (including phenoxy) is 1. The Morgan fingerprint density at radius 2 is 1.85 bits per heavy atom. The molecule has 1 N–H and O–H groups in total. The van der Waals surface area contributed by atoms with Gasteiger partial charge in [0.2, 0.25) is 0 Å². The number of rotatable bonds is 9. The zero-order valence-corrected chi connectivity index (χ0v) is 13.4. The summed E-state index contributed by atoms with van der Waals surface area (Å²) in [7, 11) is 0. The van der Waals surface area contributed by atoms with Gasteiger partial charge in [0.25, 0.3) is 0 Å². The minimum atomic E-state index is -0.901. The van der Waals surface area contributed by atoms with Crippen molar-refractivity contribution in [1.82, 2.24) is 0 Å². The van der Waals surface area contributed by atoms with Gasteiger partial charge >= 0.3 is 5.97 Å². The van der Waals surface area contributed by atoms with E-state index >= 15 is 0 Å². The van der Waals surface area contributed by atoms with Crippen LogP contribution in [0.5, 0.6) is 0 Å². The Bertz CT molecular complexity index is 385. The molecule has 0 aliphatic heterocycles. The molecule has 0 heterocycles. The first kappa shape index (κ1) is 18.7. The summed E-state index contributed by atoms with van der Waals surface area (Å²) in [4.78, 5) is 10.6. The molecule has 0 saturated carbocycles. The average molecular weight is 280 g/mol. The molecule has 0 bridgehead atoms. The number of carboxylic acid groups (broad SMARTS) is 1. The van der Waals surface area contributed by atoms with Gasteiger partial charge in [-0.25, -0.2) is 4.79 Å². The highest BCUT2D eigenvalue weighted by atomic mass is 16.5. The van der Waals surface area contributed by atoms with Crippen LogP contribution in [-0.2, 0) is 9.53 Å². The topological polar surface area (TPSA) is 46.5 Å². The van der Waals surface area contributed by atoms with Crippen molar-refractivity contribution in [3.05, 3.63) is 34.9 Å². The van der Waals surface area contributed by atoms with Crippen LogP contribution in [0, 0.1) is 0 Å². The van der Waals surface area contributed by atoms with Crippen LogP contribution >= 0.6 is 0 Å². The molecule has 20 heavy (non-hydrogen) atoms. The Hall–Kier alpha value is -1.35. The molecule has 0 aromatic heterocycles. The summed E-state index contributed by atoms with van der Waals surface area (Å²) in [5, 5.41) is 8.74. The van der Waals surface area contributed by atoms with E-state index in [2.05, 4.69) is 32.9 Å². The van der Waals surface area contributed by atoms with Crippen molar-refractivity contribution in [3.63, 3.8) is 0 Å². The molecule has 0 spiro atoms. The van der Waals surface area contributed by atoms with Crippen LogP contribution in [0.4, 0.5) is 0 Å². The van der Waals surface area contributed by atoms with Crippen LogP contribution < -0.4 is 0 Å². The summed E-state index contributed by atoms with van der Waals surface area (Å²) < 4.78 is 5.67. The fourth-order valence-electron chi connectivity index (χ4n) is 1.96. The smallest absolute Gasteiger partial charge is 0.328 e. The highest BCUT2D eigenvalue weighted by Crippen LogP contribution is 2.14. The number of aliphatic carboxylic acids is 1. The van der Waals surface area contributed by atoms with Crippen LogP contribution in [-0.4, -0.2) is 23.8 Å². The third kappa shape index (κ3) is 10.6. The van der Waals surface area contributed by atoms with Gasteiger partial charge in [0, 0.05) is 12.7 Å². The molecule has 0 radical (unpaired) electrons. The predicted molar refractivity (Wildman–Crippen MR) is 83.8 cm³/mol. The molecule has 0 aliphatic rings. The zero-order chi connectivity index (χ0) is 15.5. The summed E-state index contributed by atoms with van der Waals surface area (Å²) in [6.45, 7) is 10.7. The zero-order valence-electron chi connectivity index (χ0n) is 13.4. The highest BCUT2D eigenvalue weighted by Gasteiger charge is 2.07. The second-order valence-electron chi connectivity index (χ2n) is 5.36. The standard InChI is InChI=1S/C17H28O3/c1-6-20-16(11-15(5)12-17(18)19)10-14(4)9-7-8-13(2)3/h8,10,12,16H,6-7,9,11H2,1-5H3,(H,18,19). The van der Waals surface area contributed by atoms with Crippen LogP contribution in [0.15, 0.2) is 34.9 Å². The third-order valence-corrected chi connectivity index (χ3v) is 2.84. The molecule has 0 amide bonds. The quantitative estimate of drug-likeness (QED) is 0.499. The van der Waals surface area contributed by atoms with Gasteiger partial charge in [-0.1, -0.05) is 28.9 Å². The van der Waals surface area contributed by atoms with Crippen molar-refractivity contribution >= 4 is 5.97 Å². The Morgan fingerprint density at radius 1 is 1.20 bits per heavy atom. The van der Waals surface area contributed by atoms with Crippen molar-refractivity contribution in [2.75, 3.05) is 6.61 Å². The van der Waals surface area contributed by atoms with Crippen molar-refractivity contribution in [2.45, 2.75) is 60.0 Å². The van der Waals surface area contributed by atoms with Gasteiger partial charge in [0.15, 0.2) is 0 Å². The van der Waals surface area contributed by atoms with Gasteiger partial charge in [-0.2, -0.15) is 0 Å². The maximum absolute atomic E-state index is 10.6. The lowest BCUT2D eigenvalue weighted by Gasteiger charge is -2.14. The van der Waals surface area contributed by atoms with Crippen molar-refractivity contribution < 1.29 is 14.6 Å². The summed E-state index contributed by atoms with van der Waals surface area (Å²) in [6, 6.07) is 0. The number of hydrogen-bond acceptors (Lipinski definition) is 2. The molecule has 1 atom stereocenters. The average Bonchev–Trinajstić information content (AvgIpc) is 2.27. The van der Waals surface area contributed by atoms with Gasteiger partial charge < -0.3 is 9.84 Å². The van der Waals surface area contributed by atoms with Gasteiger partial charge in [0.05, 0.1) is 6.10 Å². The van der Waals surface area contributed by atoms with Crippen LogP contribution in [0.1, 0.15) is 53.9 Å². The Morgan fingerprint density at radius 3 is 2.35 bits per heavy atom. The molecule has 0 aromatic carbocycles. The highest BCUT2D eigenvalue weighted by molar-refractivity contribution is 5.80. The number of carbonyl (C=O) groups is 1. The first-order chi connectivity index (χ1) is 9.35. The lowest BCUT2D eigenvalue weighted by molar-refractivity contribution is -0.131. The molecular formula is C17H28O3. The maximum atomic E-state index is 10.6. The molecular weight excluding hydrogens is 252 g/mol. The van der Waals surface area contributed by atoms with E-state index in [0.717, 1.165) is 18.4 Å². The molecule has 3 nitrogen and oxygen atoms in total. The van der Waals surface area contributed by atoms with Gasteiger partial charge in [-0.05, 0) is 53.9 Å². The molecule has 0 aliphatic carbocycles. The first-order valence-electron chi connectivity index (χ1n) is 7.17. The second-order valence-corrected chi connectivity index (χ2v) is 5.36.